The van der Waals surface area contributed by atoms with Crippen LogP contribution in [0, 0.1) is 0 Å². The Bertz CT molecular complexity index is 1190. The lowest BCUT2D eigenvalue weighted by Gasteiger charge is -2.09. The van der Waals surface area contributed by atoms with Crippen molar-refractivity contribution >= 4 is 39.6 Å². The molecule has 0 saturated heterocycles. The maximum Gasteiger partial charge on any atom is 0.446 e. The molecule has 9 heteroatoms. The average Bonchev–Trinajstić information content (AvgIpc) is 3.15. The van der Waals surface area contributed by atoms with E-state index in [2.05, 4.69) is 10.4 Å². The van der Waals surface area contributed by atoms with Crippen LogP contribution >= 0.6 is 11.8 Å². The normalized spacial score (nSPS) is 12.0. The molecule has 0 aliphatic carbocycles. The summed E-state index contributed by atoms with van der Waals surface area (Å²) in [5, 5.41) is 8.80. The molecule has 2 heterocycles. The number of carbonyl (C=O) groups is 1. The van der Waals surface area contributed by atoms with Crippen LogP contribution in [-0.2, 0) is 7.05 Å². The number of hydrogen-bond donors (Lipinski definition) is 1. The molecule has 0 unspecified atom stereocenters. The predicted molar refractivity (Wildman–Crippen MR) is 103 cm³/mol. The molecule has 0 atom stereocenters. The highest BCUT2D eigenvalue weighted by Crippen LogP contribution is 2.38. The summed E-state index contributed by atoms with van der Waals surface area (Å²) in [5.74, 6) is -0.194. The summed E-state index contributed by atoms with van der Waals surface area (Å²) in [6.45, 7) is 0. The van der Waals surface area contributed by atoms with Gasteiger partial charge in [0.25, 0.3) is 5.91 Å². The summed E-state index contributed by atoms with van der Waals surface area (Å²) in [4.78, 5) is 12.1. The van der Waals surface area contributed by atoms with Crippen molar-refractivity contribution < 1.29 is 18.0 Å². The molecule has 0 bridgehead atoms. The monoisotopic (exact) mass is 404 g/mol. The SMILES string of the molecule is CNC(=O)c1ccc2c(c1)c1cn(C)nc1n2-c1ccc(SC(F)(F)F)cc1. The van der Waals surface area contributed by atoms with Gasteiger partial charge in [0.15, 0.2) is 5.65 Å². The van der Waals surface area contributed by atoms with Gasteiger partial charge in [-0.2, -0.15) is 18.3 Å². The molecule has 4 aromatic rings. The highest BCUT2D eigenvalue weighted by Gasteiger charge is 2.29. The van der Waals surface area contributed by atoms with Crippen LogP contribution in [0.4, 0.5) is 13.2 Å². The van der Waals surface area contributed by atoms with E-state index in [0.29, 0.717) is 16.9 Å². The van der Waals surface area contributed by atoms with Gasteiger partial charge in [-0.3, -0.25) is 14.0 Å². The minimum Gasteiger partial charge on any atom is -0.355 e. The van der Waals surface area contributed by atoms with E-state index in [-0.39, 0.29) is 22.6 Å². The van der Waals surface area contributed by atoms with Crippen LogP contribution in [0.2, 0.25) is 0 Å². The highest BCUT2D eigenvalue weighted by molar-refractivity contribution is 8.00. The fourth-order valence-electron chi connectivity index (χ4n) is 3.24. The van der Waals surface area contributed by atoms with E-state index in [0.717, 1.165) is 16.3 Å². The number of aromatic nitrogens is 3. The number of halogens is 3. The Kier molecular flexibility index (Phi) is 4.34. The molecule has 5 nitrogen and oxygen atoms in total. The molecule has 0 aliphatic heterocycles. The number of hydrogen-bond acceptors (Lipinski definition) is 3. The van der Waals surface area contributed by atoms with Crippen molar-refractivity contribution in [2.75, 3.05) is 7.05 Å². The first kappa shape index (κ1) is 18.4. The predicted octanol–water partition coefficient (Wildman–Crippen LogP) is 4.49. The molecule has 4 rings (SSSR count). The van der Waals surface area contributed by atoms with Crippen molar-refractivity contribution in [2.24, 2.45) is 7.05 Å². The molecular weight excluding hydrogens is 389 g/mol. The van der Waals surface area contributed by atoms with Crippen molar-refractivity contribution in [1.82, 2.24) is 19.7 Å². The van der Waals surface area contributed by atoms with Crippen molar-refractivity contribution in [2.45, 2.75) is 10.4 Å². The number of benzene rings is 2. The van der Waals surface area contributed by atoms with Gasteiger partial charge in [-0.15, -0.1) is 0 Å². The molecule has 1 amide bonds. The van der Waals surface area contributed by atoms with E-state index in [1.807, 2.05) is 16.8 Å². The van der Waals surface area contributed by atoms with Crippen LogP contribution in [0.15, 0.2) is 53.6 Å². The number of carbonyl (C=O) groups excluding carboxylic acids is 1. The van der Waals surface area contributed by atoms with E-state index in [9.17, 15) is 18.0 Å². The molecule has 0 aliphatic rings. The van der Waals surface area contributed by atoms with E-state index in [4.69, 9.17) is 0 Å². The van der Waals surface area contributed by atoms with Crippen LogP contribution in [-0.4, -0.2) is 32.8 Å². The third kappa shape index (κ3) is 3.22. The number of thioether (sulfide) groups is 1. The Balaban J connectivity index is 1.89. The largest absolute Gasteiger partial charge is 0.446 e. The molecule has 0 fully saturated rings. The van der Waals surface area contributed by atoms with Gasteiger partial charge in [-0.05, 0) is 54.2 Å². The van der Waals surface area contributed by atoms with E-state index in [1.165, 1.54) is 12.1 Å². The zero-order valence-electron chi connectivity index (χ0n) is 14.9. The molecule has 2 aromatic carbocycles. The second-order valence-corrected chi connectivity index (χ2v) is 7.37. The second-order valence-electron chi connectivity index (χ2n) is 6.23. The van der Waals surface area contributed by atoms with Crippen LogP contribution in [0.1, 0.15) is 10.4 Å². The van der Waals surface area contributed by atoms with Crippen molar-refractivity contribution in [1.29, 1.82) is 0 Å². The Hall–Kier alpha value is -2.94. The van der Waals surface area contributed by atoms with Gasteiger partial charge in [0, 0.05) is 47.2 Å². The lowest BCUT2D eigenvalue weighted by Crippen LogP contribution is -2.17. The molecule has 0 spiro atoms. The van der Waals surface area contributed by atoms with Crippen LogP contribution in [0.25, 0.3) is 27.6 Å². The van der Waals surface area contributed by atoms with Gasteiger partial charge in [-0.1, -0.05) is 0 Å². The number of amides is 1. The van der Waals surface area contributed by atoms with E-state index < -0.39 is 5.51 Å². The number of nitrogens with one attached hydrogen (secondary N) is 1. The molecule has 0 radical (unpaired) electrons. The van der Waals surface area contributed by atoms with Crippen molar-refractivity contribution in [3.05, 3.63) is 54.2 Å². The minimum atomic E-state index is -4.33. The molecule has 2 aromatic heterocycles. The van der Waals surface area contributed by atoms with Gasteiger partial charge in [0.2, 0.25) is 0 Å². The molecule has 144 valence electrons. The van der Waals surface area contributed by atoms with Gasteiger partial charge < -0.3 is 5.32 Å². The van der Waals surface area contributed by atoms with Crippen LogP contribution in [0.3, 0.4) is 0 Å². The van der Waals surface area contributed by atoms with Crippen LogP contribution in [0.5, 0.6) is 0 Å². The Morgan fingerprint density at radius 2 is 1.82 bits per heavy atom. The third-order valence-electron chi connectivity index (χ3n) is 4.37. The summed E-state index contributed by atoms with van der Waals surface area (Å²) in [7, 11) is 3.36. The zero-order valence-corrected chi connectivity index (χ0v) is 15.7. The Labute approximate surface area is 162 Å². The first-order valence-corrected chi connectivity index (χ1v) is 9.14. The average molecular weight is 404 g/mol. The highest BCUT2D eigenvalue weighted by atomic mass is 32.2. The number of nitrogens with zero attached hydrogens (tertiary/aromatic N) is 3. The van der Waals surface area contributed by atoms with E-state index in [1.54, 1.807) is 43.0 Å². The lowest BCUT2D eigenvalue weighted by atomic mass is 10.1. The number of fused-ring (bicyclic) bond motifs is 3. The van der Waals surface area contributed by atoms with Crippen molar-refractivity contribution in [3.8, 4) is 5.69 Å². The van der Waals surface area contributed by atoms with Gasteiger partial charge >= 0.3 is 5.51 Å². The van der Waals surface area contributed by atoms with E-state index >= 15 is 0 Å². The van der Waals surface area contributed by atoms with Crippen molar-refractivity contribution in [3.63, 3.8) is 0 Å². The molecule has 0 saturated carbocycles. The number of alkyl halides is 3. The molecule has 1 N–H and O–H groups in total. The zero-order chi connectivity index (χ0) is 20.1. The van der Waals surface area contributed by atoms with Gasteiger partial charge in [-0.25, -0.2) is 0 Å². The quantitative estimate of drug-likeness (QED) is 0.512. The fraction of sp³-hybridized carbons (Fsp3) is 0.158. The Morgan fingerprint density at radius 1 is 1.11 bits per heavy atom. The van der Waals surface area contributed by atoms with Gasteiger partial charge in [0.1, 0.15) is 0 Å². The van der Waals surface area contributed by atoms with Gasteiger partial charge in [0.05, 0.1) is 5.52 Å². The third-order valence-corrected chi connectivity index (χ3v) is 5.11. The minimum absolute atomic E-state index is 0.117. The first-order valence-electron chi connectivity index (χ1n) is 8.33. The fourth-order valence-corrected chi connectivity index (χ4v) is 3.78. The summed E-state index contributed by atoms with van der Waals surface area (Å²) in [6, 6.07) is 11.5. The number of rotatable bonds is 3. The molecule has 28 heavy (non-hydrogen) atoms. The lowest BCUT2D eigenvalue weighted by molar-refractivity contribution is -0.0328. The first-order chi connectivity index (χ1) is 13.3. The topological polar surface area (TPSA) is 51.9 Å². The summed E-state index contributed by atoms with van der Waals surface area (Å²) in [5.41, 5.74) is -1.62. The maximum atomic E-state index is 12.6. The summed E-state index contributed by atoms with van der Waals surface area (Å²) < 4.78 is 41.3. The maximum absolute atomic E-state index is 12.6. The smallest absolute Gasteiger partial charge is 0.355 e. The van der Waals surface area contributed by atoms with Crippen LogP contribution < -0.4 is 5.32 Å². The number of aryl methyl sites for hydroxylation is 1. The molecular formula is C19H15F3N4OS. The summed E-state index contributed by atoms with van der Waals surface area (Å²) in [6.07, 6.45) is 1.86. The standard InChI is InChI=1S/C19H15F3N4OS/c1-23-18(27)11-3-8-16-14(9-11)15-10-25(2)24-17(15)26(16)12-4-6-13(7-5-12)28-19(20,21)22/h3-10H,1-2H3,(H,23,27). The Morgan fingerprint density at radius 3 is 2.46 bits per heavy atom. The summed E-state index contributed by atoms with van der Waals surface area (Å²) >= 11 is -0.148. The second kappa shape index (κ2) is 6.59.